The molecule has 0 bridgehead atoms. The molecule has 0 spiro atoms. The molecule has 8 nitrogen and oxygen atoms in total. The maximum atomic E-state index is 13.8. The van der Waals surface area contributed by atoms with Crippen LogP contribution in [0.3, 0.4) is 0 Å². The van der Waals surface area contributed by atoms with Crippen LogP contribution < -0.4 is 11.1 Å². The summed E-state index contributed by atoms with van der Waals surface area (Å²) in [6.45, 7) is 3.34. The van der Waals surface area contributed by atoms with Gasteiger partial charge in [-0.15, -0.1) is 0 Å². The van der Waals surface area contributed by atoms with Gasteiger partial charge in [0.05, 0.1) is 5.56 Å². The summed E-state index contributed by atoms with van der Waals surface area (Å²) in [5, 5.41) is 11.4. The zero-order valence-corrected chi connectivity index (χ0v) is 16.5. The molecule has 0 heterocycles. The van der Waals surface area contributed by atoms with Crippen molar-refractivity contribution < 1.29 is 37.5 Å². The second kappa shape index (κ2) is 10.6. The van der Waals surface area contributed by atoms with Gasteiger partial charge in [-0.3, -0.25) is 13.9 Å². The van der Waals surface area contributed by atoms with Gasteiger partial charge in [-0.2, -0.15) is 0 Å². The first-order chi connectivity index (χ1) is 13.0. The van der Waals surface area contributed by atoms with Gasteiger partial charge in [0.25, 0.3) is 5.91 Å². The van der Waals surface area contributed by atoms with Crippen LogP contribution >= 0.6 is 7.60 Å². The lowest BCUT2D eigenvalue weighted by Crippen LogP contribution is -2.40. The minimum absolute atomic E-state index is 0.0393. The van der Waals surface area contributed by atoms with Gasteiger partial charge in [0.1, 0.15) is 17.4 Å². The van der Waals surface area contributed by atoms with Crippen LogP contribution in [0.5, 0.6) is 0 Å². The van der Waals surface area contributed by atoms with Crippen molar-refractivity contribution in [2.24, 2.45) is 11.7 Å². The number of aliphatic carboxylic acids is 1. The van der Waals surface area contributed by atoms with Gasteiger partial charge in [-0.1, -0.05) is 13.8 Å². The van der Waals surface area contributed by atoms with Crippen LogP contribution in [-0.2, 0) is 13.9 Å². The van der Waals surface area contributed by atoms with E-state index in [2.05, 4.69) is 5.32 Å². The number of amides is 1. The van der Waals surface area contributed by atoms with E-state index in [0.29, 0.717) is 25.5 Å². The number of carbonyl (C=O) groups excluding carboxylic acids is 1. The number of nitrogens with one attached hydrogen (secondary N) is 1. The van der Waals surface area contributed by atoms with E-state index < -0.39 is 54.5 Å². The van der Waals surface area contributed by atoms with Crippen LogP contribution in [0.25, 0.3) is 0 Å². The van der Waals surface area contributed by atoms with Gasteiger partial charge >= 0.3 is 13.6 Å². The first-order valence-electron chi connectivity index (χ1n) is 8.69. The van der Waals surface area contributed by atoms with E-state index >= 15 is 0 Å². The first kappa shape index (κ1) is 24.2. The lowest BCUT2D eigenvalue weighted by molar-refractivity contribution is -0.145. The predicted molar refractivity (Wildman–Crippen MR) is 97.7 cm³/mol. The van der Waals surface area contributed by atoms with Gasteiger partial charge in [0, 0.05) is 6.07 Å². The van der Waals surface area contributed by atoms with Crippen molar-refractivity contribution >= 4 is 19.5 Å². The van der Waals surface area contributed by atoms with Crippen molar-refractivity contribution in [1.82, 2.24) is 5.32 Å². The third-order valence-electron chi connectivity index (χ3n) is 3.91. The average molecular weight is 422 g/mol. The molecule has 158 valence electrons. The molecule has 0 saturated carbocycles. The Morgan fingerprint density at radius 1 is 1.29 bits per heavy atom. The number of rotatable bonds is 11. The molecule has 0 aliphatic heterocycles. The summed E-state index contributed by atoms with van der Waals surface area (Å²) < 4.78 is 44.4. The number of carboxylic acid groups (broad SMARTS) is 1. The Hall–Kier alpha value is -1.87. The summed E-state index contributed by atoms with van der Waals surface area (Å²) in [5.41, 5.74) is 4.82. The molecule has 0 fully saturated rings. The molecule has 11 heteroatoms. The Labute approximate surface area is 161 Å². The van der Waals surface area contributed by atoms with Gasteiger partial charge in [-0.25, -0.2) is 13.6 Å². The fraction of sp³-hybridized carbons (Fsp3) is 0.529. The third-order valence-corrected chi connectivity index (χ3v) is 5.90. The van der Waals surface area contributed by atoms with Crippen molar-refractivity contribution in [3.8, 4) is 0 Å². The highest BCUT2D eigenvalue weighted by Gasteiger charge is 2.40. The van der Waals surface area contributed by atoms with E-state index in [-0.39, 0.29) is 6.42 Å². The van der Waals surface area contributed by atoms with Crippen LogP contribution in [-0.4, -0.2) is 40.3 Å². The summed E-state index contributed by atoms with van der Waals surface area (Å²) in [5.74, 6) is -6.65. The number of carbonyl (C=O) groups is 2. The van der Waals surface area contributed by atoms with Crippen LogP contribution in [0.4, 0.5) is 8.78 Å². The zero-order chi connectivity index (χ0) is 21.5. The summed E-state index contributed by atoms with van der Waals surface area (Å²) in [7, 11) is -4.66. The van der Waals surface area contributed by atoms with Crippen LogP contribution in [0.15, 0.2) is 18.2 Å². The molecular formula is C17H25F2N2O6P. The average Bonchev–Trinajstić information content (AvgIpc) is 2.58. The number of benzene rings is 1. The molecule has 1 rings (SSSR count). The molecule has 1 aromatic carbocycles. The number of hydrogen-bond acceptors (Lipinski definition) is 5. The smallest absolute Gasteiger partial charge is 0.351 e. The molecule has 28 heavy (non-hydrogen) atoms. The maximum Gasteiger partial charge on any atom is 0.351 e. The maximum absolute atomic E-state index is 13.8. The molecular weight excluding hydrogens is 397 g/mol. The molecule has 0 radical (unpaired) electrons. The summed E-state index contributed by atoms with van der Waals surface area (Å²) in [6, 6.07) is 2.27. The van der Waals surface area contributed by atoms with E-state index in [4.69, 9.17) is 10.3 Å². The van der Waals surface area contributed by atoms with Crippen molar-refractivity contribution in [2.75, 3.05) is 6.54 Å². The van der Waals surface area contributed by atoms with Gasteiger partial charge in [0.15, 0.2) is 6.10 Å². The highest BCUT2D eigenvalue weighted by atomic mass is 31.2. The highest BCUT2D eigenvalue weighted by molar-refractivity contribution is 7.53. The molecule has 1 aromatic rings. The van der Waals surface area contributed by atoms with Gasteiger partial charge in [0.2, 0.25) is 0 Å². The van der Waals surface area contributed by atoms with E-state index in [1.54, 1.807) is 0 Å². The monoisotopic (exact) mass is 422 g/mol. The van der Waals surface area contributed by atoms with Crippen molar-refractivity contribution in [1.29, 1.82) is 0 Å². The molecule has 0 aromatic heterocycles. The topological polar surface area (TPSA) is 139 Å². The molecule has 0 aliphatic carbocycles. The predicted octanol–water partition coefficient (Wildman–Crippen LogP) is 2.46. The second-order valence-corrected chi connectivity index (χ2v) is 8.46. The number of unbranched alkanes of at least 4 members (excludes halogenated alkanes) is 1. The second-order valence-electron chi connectivity index (χ2n) is 6.57. The van der Waals surface area contributed by atoms with E-state index in [9.17, 15) is 32.9 Å². The van der Waals surface area contributed by atoms with E-state index in [1.807, 2.05) is 0 Å². The number of hydrogen-bond donors (Lipinski definition) is 4. The standard InChI is InChI=1S/C17H25F2N2O6P/c1-10(2)16(21-15(22)12-7-6-11(18)9-13(12)19)28(25,26)27-14(17(23)24)5-3-4-8-20/h6-7,9-10,14,16H,3-5,8,20H2,1-2H3,(H,21,22)(H,23,24)(H,25,26). The fourth-order valence-corrected chi connectivity index (χ4v) is 4.18. The SMILES string of the molecule is CC(C)C(NC(=O)c1ccc(F)cc1F)P(=O)(O)OC(CCCCN)C(=O)O. The highest BCUT2D eigenvalue weighted by Crippen LogP contribution is 2.50. The summed E-state index contributed by atoms with van der Waals surface area (Å²) >= 11 is 0. The van der Waals surface area contributed by atoms with Crippen LogP contribution in [0.2, 0.25) is 0 Å². The van der Waals surface area contributed by atoms with Gasteiger partial charge < -0.3 is 21.1 Å². The molecule has 3 atom stereocenters. The lowest BCUT2D eigenvalue weighted by atomic mass is 10.1. The molecule has 0 aliphatic rings. The van der Waals surface area contributed by atoms with Crippen molar-refractivity contribution in [3.63, 3.8) is 0 Å². The summed E-state index contributed by atoms with van der Waals surface area (Å²) in [6.07, 6.45) is -0.727. The first-order valence-corrected chi connectivity index (χ1v) is 10.3. The van der Waals surface area contributed by atoms with Crippen molar-refractivity contribution in [3.05, 3.63) is 35.4 Å². The van der Waals surface area contributed by atoms with Crippen LogP contribution in [0, 0.1) is 17.6 Å². The molecule has 1 amide bonds. The fourth-order valence-electron chi connectivity index (χ4n) is 2.45. The Balaban J connectivity index is 2.99. The van der Waals surface area contributed by atoms with E-state index in [1.165, 1.54) is 13.8 Å². The quantitative estimate of drug-likeness (QED) is 0.317. The van der Waals surface area contributed by atoms with E-state index in [0.717, 1.165) is 12.1 Å². The summed E-state index contributed by atoms with van der Waals surface area (Å²) in [4.78, 5) is 33.9. The number of carboxylic acids is 1. The molecule has 5 N–H and O–H groups in total. The van der Waals surface area contributed by atoms with Gasteiger partial charge in [-0.05, 0) is 43.9 Å². The largest absolute Gasteiger partial charge is 0.479 e. The Morgan fingerprint density at radius 2 is 1.93 bits per heavy atom. The Kier molecular flexibility index (Phi) is 9.16. The van der Waals surface area contributed by atoms with Crippen LogP contribution in [0.1, 0.15) is 43.5 Å². The lowest BCUT2D eigenvalue weighted by Gasteiger charge is -2.28. The molecule has 0 saturated heterocycles. The zero-order valence-electron chi connectivity index (χ0n) is 15.6. The minimum Gasteiger partial charge on any atom is -0.479 e. The normalized spacial score (nSPS) is 15.7. The Bertz CT molecular complexity index is 746. The third kappa shape index (κ3) is 6.94. The number of halogens is 2. The van der Waals surface area contributed by atoms with Crippen molar-refractivity contribution in [2.45, 2.75) is 45.0 Å². The Morgan fingerprint density at radius 3 is 2.43 bits per heavy atom. The molecule has 3 unspecified atom stereocenters. The minimum atomic E-state index is -4.66. The number of nitrogens with two attached hydrogens (primary N) is 1.